The van der Waals surface area contributed by atoms with Crippen LogP contribution in [-0.4, -0.2) is 63.4 Å². The molecule has 140 valence electrons. The van der Waals surface area contributed by atoms with Crippen LogP contribution in [0.3, 0.4) is 0 Å². The first-order chi connectivity index (χ1) is 12.0. The Morgan fingerprint density at radius 3 is 2.80 bits per heavy atom. The number of thioether (sulfide) groups is 1. The van der Waals surface area contributed by atoms with Crippen molar-refractivity contribution < 1.29 is 14.9 Å². The molecule has 7 N–H and O–H groups in total. The summed E-state index contributed by atoms with van der Waals surface area (Å²) in [6, 6.07) is -0.523. The number of aliphatic hydroxyl groups is 2. The number of nitrogens with zero attached hydrogens (tertiary/aromatic N) is 3. The zero-order valence-corrected chi connectivity index (χ0v) is 14.8. The van der Waals surface area contributed by atoms with Gasteiger partial charge >= 0.3 is 0 Å². The van der Waals surface area contributed by atoms with Crippen molar-refractivity contribution in [1.82, 2.24) is 9.97 Å². The minimum Gasteiger partial charge on any atom is -0.393 e. The van der Waals surface area contributed by atoms with E-state index >= 15 is 0 Å². The predicted molar refractivity (Wildman–Crippen MR) is 96.3 cm³/mol. The zero-order valence-electron chi connectivity index (χ0n) is 14.0. The van der Waals surface area contributed by atoms with Crippen LogP contribution in [0.2, 0.25) is 0 Å². The molecule has 4 atom stereocenters. The van der Waals surface area contributed by atoms with Crippen molar-refractivity contribution in [3.63, 3.8) is 0 Å². The minimum atomic E-state index is -1.08. The fourth-order valence-electron chi connectivity index (χ4n) is 2.55. The van der Waals surface area contributed by atoms with Crippen LogP contribution in [0.5, 0.6) is 0 Å². The number of nitrogens with one attached hydrogen (secondary N) is 1. The molecule has 4 unspecified atom stereocenters. The summed E-state index contributed by atoms with van der Waals surface area (Å²) < 4.78 is 5.39. The fraction of sp³-hybridized carbons (Fsp3) is 0.714. The summed E-state index contributed by atoms with van der Waals surface area (Å²) in [6.45, 7) is 2.12. The number of hydrogen-bond acceptors (Lipinski definition) is 11. The number of anilines is 3. The molecule has 2 rings (SSSR count). The van der Waals surface area contributed by atoms with Crippen molar-refractivity contribution in [3.8, 4) is 0 Å². The molecule has 25 heavy (non-hydrogen) atoms. The third-order valence-electron chi connectivity index (χ3n) is 3.86. The molecule has 11 heteroatoms. The van der Waals surface area contributed by atoms with Gasteiger partial charge in [-0.05, 0) is 12.8 Å². The molecule has 0 aliphatic heterocycles. The average Bonchev–Trinajstić information content (AvgIpc) is 2.85. The first-order valence-corrected chi connectivity index (χ1v) is 9.05. The first-order valence-electron chi connectivity index (χ1n) is 8.07. The Kier molecular flexibility index (Phi) is 7.17. The second-order valence-corrected chi connectivity index (χ2v) is 6.79. The molecule has 0 radical (unpaired) electrons. The lowest BCUT2D eigenvalue weighted by molar-refractivity contribution is -0.0523. The zero-order chi connectivity index (χ0) is 18.4. The molecule has 1 aliphatic carbocycles. The highest BCUT2D eigenvalue weighted by Crippen LogP contribution is 2.31. The Morgan fingerprint density at radius 1 is 1.36 bits per heavy atom. The number of nitroso groups, excluding NO2 is 1. The average molecular weight is 372 g/mol. The van der Waals surface area contributed by atoms with E-state index in [4.69, 9.17) is 16.2 Å². The lowest BCUT2D eigenvalue weighted by Gasteiger charge is -2.20. The molecule has 0 spiro atoms. The topological polar surface area (TPSA) is 169 Å². The van der Waals surface area contributed by atoms with Gasteiger partial charge in [0, 0.05) is 5.75 Å². The highest BCUT2D eigenvalue weighted by molar-refractivity contribution is 7.99. The van der Waals surface area contributed by atoms with Crippen LogP contribution in [0.15, 0.2) is 10.3 Å². The second kappa shape index (κ2) is 9.13. The lowest BCUT2D eigenvalue weighted by atomic mass is 10.2. The van der Waals surface area contributed by atoms with E-state index in [1.165, 1.54) is 11.8 Å². The lowest BCUT2D eigenvalue weighted by Crippen LogP contribution is -2.36. The predicted octanol–water partition coefficient (Wildman–Crippen LogP) is 0.201. The van der Waals surface area contributed by atoms with Gasteiger partial charge in [0.2, 0.25) is 0 Å². The molecule has 1 aromatic rings. The van der Waals surface area contributed by atoms with E-state index in [0.29, 0.717) is 17.4 Å². The number of aliphatic hydroxyl groups excluding tert-OH is 2. The summed E-state index contributed by atoms with van der Waals surface area (Å²) in [5.74, 6) is 1.32. The molecule has 10 nitrogen and oxygen atoms in total. The van der Waals surface area contributed by atoms with Crippen LogP contribution in [0, 0.1) is 4.91 Å². The molecule has 1 heterocycles. The van der Waals surface area contributed by atoms with Crippen LogP contribution in [0.4, 0.5) is 17.3 Å². The van der Waals surface area contributed by atoms with Crippen LogP contribution in [-0.2, 0) is 4.74 Å². The fourth-order valence-corrected chi connectivity index (χ4v) is 3.25. The monoisotopic (exact) mass is 372 g/mol. The summed E-state index contributed by atoms with van der Waals surface area (Å²) in [5, 5.41) is 26.5. The highest BCUT2D eigenvalue weighted by atomic mass is 32.2. The Bertz CT molecular complexity index is 593. The highest BCUT2D eigenvalue weighted by Gasteiger charge is 2.42. The van der Waals surface area contributed by atoms with Crippen molar-refractivity contribution in [3.05, 3.63) is 4.91 Å². The van der Waals surface area contributed by atoms with Crippen molar-refractivity contribution >= 4 is 29.1 Å². The van der Waals surface area contributed by atoms with Crippen LogP contribution in [0.25, 0.3) is 0 Å². The molecule has 0 bridgehead atoms. The second-order valence-electron chi connectivity index (χ2n) is 5.73. The molecule has 0 saturated heterocycles. The van der Waals surface area contributed by atoms with Gasteiger partial charge in [0.05, 0.1) is 18.8 Å². The number of aromatic nitrogens is 2. The van der Waals surface area contributed by atoms with Gasteiger partial charge in [0.15, 0.2) is 16.8 Å². The maximum absolute atomic E-state index is 10.2. The Labute approximate surface area is 149 Å². The van der Waals surface area contributed by atoms with Crippen molar-refractivity contribution in [2.24, 2.45) is 5.18 Å². The summed E-state index contributed by atoms with van der Waals surface area (Å²) in [6.07, 6.45) is -1.48. The first kappa shape index (κ1) is 19.6. The normalized spacial score (nSPS) is 25.9. The number of ether oxygens (including phenoxy) is 1. The van der Waals surface area contributed by atoms with Gasteiger partial charge in [-0.2, -0.15) is 4.91 Å². The van der Waals surface area contributed by atoms with E-state index in [-0.39, 0.29) is 24.7 Å². The van der Waals surface area contributed by atoms with Gasteiger partial charge < -0.3 is 31.7 Å². The molecule has 1 aromatic heterocycles. The summed E-state index contributed by atoms with van der Waals surface area (Å²) in [4.78, 5) is 18.6. The van der Waals surface area contributed by atoms with E-state index in [1.54, 1.807) is 0 Å². The van der Waals surface area contributed by atoms with Gasteiger partial charge in [-0.15, -0.1) is 0 Å². The van der Waals surface area contributed by atoms with E-state index in [2.05, 4.69) is 20.5 Å². The minimum absolute atomic E-state index is 0.00911. The van der Waals surface area contributed by atoms with Crippen LogP contribution >= 0.6 is 11.8 Å². The number of nitrogens with two attached hydrogens (primary N) is 2. The molecule has 1 saturated carbocycles. The van der Waals surface area contributed by atoms with Crippen molar-refractivity contribution in [1.29, 1.82) is 0 Å². The molecular weight excluding hydrogens is 348 g/mol. The smallest absolute Gasteiger partial charge is 0.191 e. The Morgan fingerprint density at radius 2 is 2.12 bits per heavy atom. The van der Waals surface area contributed by atoms with Gasteiger partial charge in [-0.25, -0.2) is 9.97 Å². The van der Waals surface area contributed by atoms with Crippen LogP contribution < -0.4 is 16.8 Å². The maximum Gasteiger partial charge on any atom is 0.191 e. The van der Waals surface area contributed by atoms with Gasteiger partial charge in [0.1, 0.15) is 24.4 Å². The third-order valence-corrected chi connectivity index (χ3v) is 4.91. The molecule has 0 aromatic carbocycles. The molecule has 1 aliphatic rings. The number of nitrogen functional groups attached to an aromatic ring is 2. The number of hydrogen-bond donors (Lipinski definition) is 5. The Balaban J connectivity index is 2.07. The standard InChI is InChI=1S/C14H24N6O4S/c1-2-5-25-14-19-12(16)9(15)13(20-14)18-7-6-8(11(22)10(7)21)24-4-3-17-23/h7-8,10-11,21-22H,2-6,15H2,1H3,(H3,16,18,19,20). The van der Waals surface area contributed by atoms with Gasteiger partial charge in [-0.3, -0.25) is 0 Å². The number of rotatable bonds is 9. The quantitative estimate of drug-likeness (QED) is 0.175. The Hall–Kier alpha value is -1.69. The SMILES string of the molecule is CCCSc1nc(N)c(N)c(NC2CC(OCCN=O)C(O)C2O)n1. The van der Waals surface area contributed by atoms with E-state index < -0.39 is 24.4 Å². The van der Waals surface area contributed by atoms with E-state index in [1.807, 2.05) is 6.92 Å². The van der Waals surface area contributed by atoms with E-state index in [0.717, 1.165) is 12.2 Å². The largest absolute Gasteiger partial charge is 0.393 e. The van der Waals surface area contributed by atoms with Crippen molar-refractivity contribution in [2.75, 3.05) is 35.7 Å². The van der Waals surface area contributed by atoms with Gasteiger partial charge in [-0.1, -0.05) is 23.9 Å². The van der Waals surface area contributed by atoms with Crippen molar-refractivity contribution in [2.45, 2.75) is 49.3 Å². The van der Waals surface area contributed by atoms with E-state index in [9.17, 15) is 15.1 Å². The summed E-state index contributed by atoms with van der Waals surface area (Å²) >= 11 is 1.46. The molecule has 1 fully saturated rings. The summed E-state index contributed by atoms with van der Waals surface area (Å²) in [5.41, 5.74) is 12.0. The summed E-state index contributed by atoms with van der Waals surface area (Å²) in [7, 11) is 0. The molecular formula is C14H24N6O4S. The maximum atomic E-state index is 10.2. The molecule has 0 amide bonds. The third kappa shape index (κ3) is 4.91. The van der Waals surface area contributed by atoms with Crippen LogP contribution in [0.1, 0.15) is 19.8 Å². The van der Waals surface area contributed by atoms with Gasteiger partial charge in [0.25, 0.3) is 0 Å².